The van der Waals surface area contributed by atoms with E-state index in [1.54, 1.807) is 0 Å². The molecule has 2 rings (SSSR count). The van der Waals surface area contributed by atoms with Crippen molar-refractivity contribution in [2.24, 2.45) is 0 Å². The van der Waals surface area contributed by atoms with Gasteiger partial charge in [-0.3, -0.25) is 9.97 Å². The molecule has 2 aromatic rings. The van der Waals surface area contributed by atoms with Crippen molar-refractivity contribution in [1.29, 1.82) is 0 Å². The number of aromatic nitrogens is 2. The summed E-state index contributed by atoms with van der Waals surface area (Å²) in [4.78, 5) is 9.05. The number of likely N-dealkylation sites (N-methyl/N-ethyl adjacent to an activating group) is 1. The van der Waals surface area contributed by atoms with Crippen LogP contribution in [0.2, 0.25) is 0 Å². The van der Waals surface area contributed by atoms with Crippen molar-refractivity contribution in [2.75, 3.05) is 6.54 Å². The molecule has 3 heteroatoms. The molecule has 0 spiro atoms. The van der Waals surface area contributed by atoms with E-state index in [1.807, 2.05) is 18.5 Å². The van der Waals surface area contributed by atoms with Gasteiger partial charge < -0.3 is 5.32 Å². The van der Waals surface area contributed by atoms with Gasteiger partial charge in [-0.25, -0.2) is 0 Å². The molecule has 2 aromatic heterocycles. The Bertz CT molecular complexity index is 534. The lowest BCUT2D eigenvalue weighted by Crippen LogP contribution is -2.24. The van der Waals surface area contributed by atoms with Crippen molar-refractivity contribution in [3.63, 3.8) is 0 Å². The van der Waals surface area contributed by atoms with Crippen molar-refractivity contribution in [2.45, 2.75) is 39.7 Å². The highest BCUT2D eigenvalue weighted by molar-refractivity contribution is 5.20. The Labute approximate surface area is 121 Å². The molecule has 0 bridgehead atoms. The molecule has 0 radical (unpaired) electrons. The van der Waals surface area contributed by atoms with Crippen LogP contribution in [0.15, 0.2) is 36.7 Å². The van der Waals surface area contributed by atoms with Crippen LogP contribution in [0, 0.1) is 6.92 Å². The van der Waals surface area contributed by atoms with Crippen LogP contribution < -0.4 is 5.32 Å². The van der Waals surface area contributed by atoms with Crippen LogP contribution in [0.5, 0.6) is 0 Å². The normalized spacial score (nSPS) is 12.3. The van der Waals surface area contributed by atoms with Crippen molar-refractivity contribution >= 4 is 0 Å². The molecule has 1 atom stereocenters. The van der Waals surface area contributed by atoms with E-state index >= 15 is 0 Å². The summed E-state index contributed by atoms with van der Waals surface area (Å²) in [6.07, 6.45) is 5.75. The maximum Gasteiger partial charge on any atom is 0.0579 e. The molecule has 1 unspecified atom stereocenters. The van der Waals surface area contributed by atoms with Gasteiger partial charge in [0.25, 0.3) is 0 Å². The summed E-state index contributed by atoms with van der Waals surface area (Å²) in [6.45, 7) is 7.29. The molecule has 0 aliphatic carbocycles. The van der Waals surface area contributed by atoms with Gasteiger partial charge in [-0.15, -0.1) is 0 Å². The van der Waals surface area contributed by atoms with Crippen LogP contribution in [-0.2, 0) is 12.8 Å². The molecule has 2 heterocycles. The smallest absolute Gasteiger partial charge is 0.0579 e. The van der Waals surface area contributed by atoms with E-state index in [0.717, 1.165) is 30.8 Å². The molecular formula is C17H23N3. The van der Waals surface area contributed by atoms with Crippen molar-refractivity contribution in [3.8, 4) is 0 Å². The van der Waals surface area contributed by atoms with E-state index < -0.39 is 0 Å². The van der Waals surface area contributed by atoms with E-state index in [1.165, 1.54) is 11.1 Å². The Kier molecular flexibility index (Phi) is 5.24. The number of pyridine rings is 2. The molecule has 0 fully saturated rings. The second kappa shape index (κ2) is 7.15. The molecule has 0 saturated carbocycles. The molecule has 106 valence electrons. The largest absolute Gasteiger partial charge is 0.309 e. The Morgan fingerprint density at radius 1 is 1.15 bits per heavy atom. The average molecular weight is 269 g/mol. The summed E-state index contributed by atoms with van der Waals surface area (Å²) in [5.74, 6) is 0. The zero-order chi connectivity index (χ0) is 14.4. The van der Waals surface area contributed by atoms with Crippen LogP contribution in [0.25, 0.3) is 0 Å². The number of hydrogen-bond donors (Lipinski definition) is 1. The monoisotopic (exact) mass is 269 g/mol. The Hall–Kier alpha value is -1.74. The van der Waals surface area contributed by atoms with Gasteiger partial charge in [0.15, 0.2) is 0 Å². The summed E-state index contributed by atoms with van der Waals surface area (Å²) in [5.41, 5.74) is 4.72. The number of rotatable bonds is 6. The number of nitrogens with one attached hydrogen (secondary N) is 1. The number of hydrogen-bond acceptors (Lipinski definition) is 3. The highest BCUT2D eigenvalue weighted by atomic mass is 14.9. The maximum atomic E-state index is 4.55. The Balaban J connectivity index is 2.16. The molecule has 0 amide bonds. The predicted molar refractivity (Wildman–Crippen MR) is 82.7 cm³/mol. The van der Waals surface area contributed by atoms with Gasteiger partial charge in [-0.2, -0.15) is 0 Å². The Morgan fingerprint density at radius 2 is 2.00 bits per heavy atom. The highest BCUT2D eigenvalue weighted by Crippen LogP contribution is 2.16. The van der Waals surface area contributed by atoms with Crippen molar-refractivity contribution < 1.29 is 0 Å². The topological polar surface area (TPSA) is 37.8 Å². The molecule has 3 nitrogen and oxygen atoms in total. The van der Waals surface area contributed by atoms with Crippen molar-refractivity contribution in [1.82, 2.24) is 15.3 Å². The van der Waals surface area contributed by atoms with E-state index in [-0.39, 0.29) is 6.04 Å². The average Bonchev–Trinajstić information content (AvgIpc) is 2.47. The van der Waals surface area contributed by atoms with Crippen molar-refractivity contribution in [3.05, 3.63) is 59.2 Å². The number of aryl methyl sites for hydroxylation is 2. The fourth-order valence-corrected chi connectivity index (χ4v) is 2.27. The lowest BCUT2D eigenvalue weighted by Gasteiger charge is -2.17. The fourth-order valence-electron chi connectivity index (χ4n) is 2.27. The first-order valence-corrected chi connectivity index (χ1v) is 7.32. The van der Waals surface area contributed by atoms with Gasteiger partial charge in [0.2, 0.25) is 0 Å². The van der Waals surface area contributed by atoms with E-state index in [4.69, 9.17) is 0 Å². The van der Waals surface area contributed by atoms with Gasteiger partial charge >= 0.3 is 0 Å². The van der Waals surface area contributed by atoms with Gasteiger partial charge in [-0.05, 0) is 49.2 Å². The highest BCUT2D eigenvalue weighted by Gasteiger charge is 2.13. The molecule has 1 N–H and O–H groups in total. The Morgan fingerprint density at radius 3 is 2.60 bits per heavy atom. The first kappa shape index (κ1) is 14.7. The lowest BCUT2D eigenvalue weighted by molar-refractivity contribution is 0.531. The molecule has 0 saturated heterocycles. The van der Waals surface area contributed by atoms with Crippen LogP contribution in [0.3, 0.4) is 0 Å². The third-order valence-corrected chi connectivity index (χ3v) is 3.45. The zero-order valence-corrected chi connectivity index (χ0v) is 12.6. The van der Waals surface area contributed by atoms with Gasteiger partial charge in [0.1, 0.15) is 0 Å². The van der Waals surface area contributed by atoms with Gasteiger partial charge in [0.05, 0.1) is 11.7 Å². The molecule has 0 aromatic carbocycles. The quantitative estimate of drug-likeness (QED) is 0.875. The number of nitrogens with zero attached hydrogens (tertiary/aromatic N) is 2. The van der Waals surface area contributed by atoms with Gasteiger partial charge in [0, 0.05) is 24.5 Å². The summed E-state index contributed by atoms with van der Waals surface area (Å²) >= 11 is 0. The third kappa shape index (κ3) is 3.87. The maximum absolute atomic E-state index is 4.55. The van der Waals surface area contributed by atoms with Crippen LogP contribution >= 0.6 is 0 Å². The first-order valence-electron chi connectivity index (χ1n) is 7.32. The van der Waals surface area contributed by atoms with Crippen LogP contribution in [0.1, 0.15) is 42.4 Å². The summed E-state index contributed by atoms with van der Waals surface area (Å²) in [7, 11) is 0. The van der Waals surface area contributed by atoms with E-state index in [9.17, 15) is 0 Å². The lowest BCUT2D eigenvalue weighted by atomic mass is 10.0. The molecule has 20 heavy (non-hydrogen) atoms. The molecule has 0 aliphatic heterocycles. The van der Waals surface area contributed by atoms with Gasteiger partial charge in [-0.1, -0.05) is 19.9 Å². The zero-order valence-electron chi connectivity index (χ0n) is 12.6. The molecular weight excluding hydrogens is 246 g/mol. The fraction of sp³-hybridized carbons (Fsp3) is 0.412. The first-order chi connectivity index (χ1) is 9.72. The summed E-state index contributed by atoms with van der Waals surface area (Å²) in [6, 6.07) is 8.68. The minimum absolute atomic E-state index is 0.222. The standard InChI is InChI=1S/C17H23N3/c1-4-14-6-7-15(20-12-14)11-17(18-5-2)16-10-13(3)8-9-19-16/h6-10,12,17-18H,4-5,11H2,1-3H3. The predicted octanol–water partition coefficient (Wildman–Crippen LogP) is 3.24. The molecule has 0 aliphatic rings. The second-order valence-electron chi connectivity index (χ2n) is 5.08. The third-order valence-electron chi connectivity index (χ3n) is 3.45. The SMILES string of the molecule is CCNC(Cc1ccc(CC)cn1)c1cc(C)ccn1. The second-order valence-corrected chi connectivity index (χ2v) is 5.08. The summed E-state index contributed by atoms with van der Waals surface area (Å²) < 4.78 is 0. The summed E-state index contributed by atoms with van der Waals surface area (Å²) in [5, 5.41) is 3.50. The van der Waals surface area contributed by atoms with Crippen LogP contribution in [-0.4, -0.2) is 16.5 Å². The van der Waals surface area contributed by atoms with E-state index in [2.05, 4.69) is 54.3 Å². The van der Waals surface area contributed by atoms with E-state index in [0.29, 0.717) is 0 Å². The van der Waals surface area contributed by atoms with Crippen LogP contribution in [0.4, 0.5) is 0 Å². The minimum atomic E-state index is 0.222. The minimum Gasteiger partial charge on any atom is -0.309 e.